The van der Waals surface area contributed by atoms with Gasteiger partial charge in [0.25, 0.3) is 5.91 Å². The van der Waals surface area contributed by atoms with Crippen LogP contribution in [0.3, 0.4) is 0 Å². The number of rotatable bonds is 5. The second-order valence-electron chi connectivity index (χ2n) is 5.10. The Morgan fingerprint density at radius 1 is 1.08 bits per heavy atom. The number of halogens is 1. The van der Waals surface area contributed by atoms with Crippen molar-refractivity contribution in [1.29, 1.82) is 0 Å². The lowest BCUT2D eigenvalue weighted by molar-refractivity contribution is -0.121. The van der Waals surface area contributed by atoms with Crippen molar-refractivity contribution in [3.05, 3.63) is 66.1 Å². The van der Waals surface area contributed by atoms with Crippen molar-refractivity contribution in [2.75, 3.05) is 6.61 Å². The van der Waals surface area contributed by atoms with Crippen LogP contribution in [0.15, 0.2) is 59.1 Å². The average Bonchev–Trinajstić information content (AvgIpc) is 3.09. The number of carbonyl (C=O) groups is 2. The minimum Gasteiger partial charge on any atom is -0.452 e. The van der Waals surface area contributed by atoms with Gasteiger partial charge in [-0.2, -0.15) is 0 Å². The third kappa shape index (κ3) is 3.55. The Morgan fingerprint density at radius 3 is 2.48 bits per heavy atom. The average molecular weight is 340 g/mol. The van der Waals surface area contributed by atoms with Gasteiger partial charge in [-0.15, -0.1) is 0 Å². The van der Waals surface area contributed by atoms with Crippen LogP contribution < -0.4 is 5.73 Å². The topological polar surface area (TPSA) is 95.4 Å². The number of aromatic nitrogens is 1. The standard InChI is InChI=1S/C18H13FN2O4/c19-14-8-4-3-7-13(14)15-9-21-17(25-15)11-5-1-2-6-12(11)18(23)24-10-16(20)22/h1-9H,10H2,(H2,20,22). The highest BCUT2D eigenvalue weighted by atomic mass is 19.1. The molecule has 1 heterocycles. The Bertz CT molecular complexity index is 936. The summed E-state index contributed by atoms with van der Waals surface area (Å²) in [5.74, 6) is -1.58. The van der Waals surface area contributed by atoms with Crippen LogP contribution in [0.4, 0.5) is 4.39 Å². The molecule has 2 N–H and O–H groups in total. The number of oxazole rings is 1. The molecule has 0 atom stereocenters. The third-order valence-electron chi connectivity index (χ3n) is 3.37. The number of ether oxygens (including phenoxy) is 1. The minimum atomic E-state index is -0.760. The van der Waals surface area contributed by atoms with Gasteiger partial charge in [-0.25, -0.2) is 14.2 Å². The molecule has 0 spiro atoms. The van der Waals surface area contributed by atoms with Gasteiger partial charge in [0.1, 0.15) is 5.82 Å². The maximum Gasteiger partial charge on any atom is 0.339 e. The van der Waals surface area contributed by atoms with E-state index in [0.717, 1.165) is 0 Å². The Labute approximate surface area is 142 Å². The molecule has 0 saturated heterocycles. The lowest BCUT2D eigenvalue weighted by Gasteiger charge is -2.06. The largest absolute Gasteiger partial charge is 0.452 e. The first-order valence-corrected chi connectivity index (χ1v) is 7.32. The zero-order valence-electron chi connectivity index (χ0n) is 12.9. The Hall–Kier alpha value is -3.48. The molecule has 0 bridgehead atoms. The highest BCUT2D eigenvalue weighted by Gasteiger charge is 2.19. The van der Waals surface area contributed by atoms with E-state index in [1.54, 1.807) is 36.4 Å². The summed E-state index contributed by atoms with van der Waals surface area (Å²) in [5, 5.41) is 0. The second-order valence-corrected chi connectivity index (χ2v) is 5.10. The van der Waals surface area contributed by atoms with E-state index >= 15 is 0 Å². The van der Waals surface area contributed by atoms with E-state index in [0.29, 0.717) is 5.56 Å². The first-order chi connectivity index (χ1) is 12.1. The monoisotopic (exact) mass is 340 g/mol. The lowest BCUT2D eigenvalue weighted by atomic mass is 10.1. The Morgan fingerprint density at radius 2 is 1.76 bits per heavy atom. The van der Waals surface area contributed by atoms with Crippen LogP contribution in [0.25, 0.3) is 22.8 Å². The summed E-state index contributed by atoms with van der Waals surface area (Å²) in [4.78, 5) is 27.0. The van der Waals surface area contributed by atoms with Crippen molar-refractivity contribution in [2.45, 2.75) is 0 Å². The van der Waals surface area contributed by atoms with Gasteiger partial charge in [0.05, 0.1) is 22.9 Å². The van der Waals surface area contributed by atoms with Crippen molar-refractivity contribution in [3.63, 3.8) is 0 Å². The molecule has 0 unspecified atom stereocenters. The molecule has 1 aromatic heterocycles. The zero-order chi connectivity index (χ0) is 17.8. The van der Waals surface area contributed by atoms with Gasteiger partial charge in [0.2, 0.25) is 5.89 Å². The van der Waals surface area contributed by atoms with E-state index in [9.17, 15) is 14.0 Å². The summed E-state index contributed by atoms with van der Waals surface area (Å²) >= 11 is 0. The van der Waals surface area contributed by atoms with E-state index in [1.807, 2.05) is 0 Å². The smallest absolute Gasteiger partial charge is 0.339 e. The molecule has 1 amide bonds. The molecule has 0 aliphatic carbocycles. The predicted molar refractivity (Wildman–Crippen MR) is 86.8 cm³/mol. The number of benzene rings is 2. The molecule has 6 nitrogen and oxygen atoms in total. The summed E-state index contributed by atoms with van der Waals surface area (Å²) in [7, 11) is 0. The summed E-state index contributed by atoms with van der Waals surface area (Å²) < 4.78 is 24.3. The third-order valence-corrected chi connectivity index (χ3v) is 3.37. The van der Waals surface area contributed by atoms with Gasteiger partial charge < -0.3 is 14.9 Å². The van der Waals surface area contributed by atoms with Crippen LogP contribution in [0.5, 0.6) is 0 Å². The van der Waals surface area contributed by atoms with E-state index in [-0.39, 0.29) is 22.8 Å². The molecule has 7 heteroatoms. The maximum atomic E-state index is 13.9. The van der Waals surface area contributed by atoms with Crippen molar-refractivity contribution in [3.8, 4) is 22.8 Å². The summed E-state index contributed by atoms with van der Waals surface area (Å²) in [6, 6.07) is 12.6. The van der Waals surface area contributed by atoms with Crippen LogP contribution in [0.2, 0.25) is 0 Å². The van der Waals surface area contributed by atoms with Gasteiger partial charge in [0.15, 0.2) is 12.4 Å². The molecule has 126 valence electrons. The van der Waals surface area contributed by atoms with Crippen molar-refractivity contribution >= 4 is 11.9 Å². The van der Waals surface area contributed by atoms with Gasteiger partial charge >= 0.3 is 5.97 Å². The molecule has 3 rings (SSSR count). The summed E-state index contributed by atoms with van der Waals surface area (Å²) in [6.45, 7) is -0.529. The van der Waals surface area contributed by atoms with E-state index in [2.05, 4.69) is 4.98 Å². The molecule has 0 fully saturated rings. The summed E-state index contributed by atoms with van der Waals surface area (Å²) in [5.41, 5.74) is 5.75. The lowest BCUT2D eigenvalue weighted by Crippen LogP contribution is -2.21. The summed E-state index contributed by atoms with van der Waals surface area (Å²) in [6.07, 6.45) is 1.37. The first kappa shape index (κ1) is 16.4. The fraction of sp³-hybridized carbons (Fsp3) is 0.0556. The quantitative estimate of drug-likeness (QED) is 0.721. The van der Waals surface area contributed by atoms with Gasteiger partial charge in [-0.05, 0) is 24.3 Å². The number of esters is 1. The number of hydrogen-bond donors (Lipinski definition) is 1. The molecular weight excluding hydrogens is 327 g/mol. The van der Waals surface area contributed by atoms with Gasteiger partial charge in [-0.3, -0.25) is 4.79 Å². The molecule has 25 heavy (non-hydrogen) atoms. The fourth-order valence-corrected chi connectivity index (χ4v) is 2.25. The van der Waals surface area contributed by atoms with Crippen LogP contribution in [0, 0.1) is 5.82 Å². The van der Waals surface area contributed by atoms with Gasteiger partial charge in [0, 0.05) is 0 Å². The van der Waals surface area contributed by atoms with E-state index in [1.165, 1.54) is 18.3 Å². The highest BCUT2D eigenvalue weighted by molar-refractivity contribution is 5.97. The van der Waals surface area contributed by atoms with E-state index < -0.39 is 24.3 Å². The number of hydrogen-bond acceptors (Lipinski definition) is 5. The van der Waals surface area contributed by atoms with Crippen LogP contribution in [-0.2, 0) is 9.53 Å². The molecular formula is C18H13FN2O4. The number of nitrogens with two attached hydrogens (primary N) is 1. The van der Waals surface area contributed by atoms with Crippen LogP contribution >= 0.6 is 0 Å². The molecule has 2 aromatic carbocycles. The number of amides is 1. The Kier molecular flexibility index (Phi) is 4.56. The number of primary amides is 1. The van der Waals surface area contributed by atoms with Crippen molar-refractivity contribution < 1.29 is 23.1 Å². The minimum absolute atomic E-state index is 0.130. The number of carbonyl (C=O) groups excluding carboxylic acids is 2. The Balaban J connectivity index is 1.94. The first-order valence-electron chi connectivity index (χ1n) is 7.32. The zero-order valence-corrected chi connectivity index (χ0v) is 12.9. The van der Waals surface area contributed by atoms with Crippen LogP contribution in [-0.4, -0.2) is 23.5 Å². The fourth-order valence-electron chi connectivity index (χ4n) is 2.25. The highest BCUT2D eigenvalue weighted by Crippen LogP contribution is 2.29. The second kappa shape index (κ2) is 6.96. The number of nitrogens with zero attached hydrogens (tertiary/aromatic N) is 1. The molecule has 0 saturated carbocycles. The molecule has 0 aliphatic heterocycles. The predicted octanol–water partition coefficient (Wildman–Crippen LogP) is 2.79. The van der Waals surface area contributed by atoms with Crippen molar-refractivity contribution in [2.24, 2.45) is 5.73 Å². The molecule has 3 aromatic rings. The van der Waals surface area contributed by atoms with Crippen molar-refractivity contribution in [1.82, 2.24) is 4.98 Å². The maximum absolute atomic E-state index is 13.9. The van der Waals surface area contributed by atoms with Crippen LogP contribution in [0.1, 0.15) is 10.4 Å². The molecule has 0 radical (unpaired) electrons. The SMILES string of the molecule is NC(=O)COC(=O)c1ccccc1-c1ncc(-c2ccccc2F)o1. The van der Waals surface area contributed by atoms with Gasteiger partial charge in [-0.1, -0.05) is 24.3 Å². The molecule has 0 aliphatic rings. The normalized spacial score (nSPS) is 10.4. The van der Waals surface area contributed by atoms with E-state index in [4.69, 9.17) is 14.9 Å².